The van der Waals surface area contributed by atoms with Crippen molar-refractivity contribution in [3.8, 4) is 0 Å². The monoisotopic (exact) mass is 363 g/mol. The average Bonchev–Trinajstić information content (AvgIpc) is 2.50. The van der Waals surface area contributed by atoms with E-state index in [4.69, 9.17) is 27.9 Å². The summed E-state index contributed by atoms with van der Waals surface area (Å²) in [4.78, 5) is 16.9. The van der Waals surface area contributed by atoms with Gasteiger partial charge in [0.1, 0.15) is 5.15 Å². The topological polar surface area (TPSA) is 39.2 Å². The van der Waals surface area contributed by atoms with E-state index in [9.17, 15) is 4.79 Å². The number of unbranched alkanes of at least 4 members (excludes halogenated alkanes) is 3. The first-order valence-electron chi connectivity index (χ1n) is 7.69. The predicted molar refractivity (Wildman–Crippen MR) is 93.9 cm³/mol. The molecule has 1 unspecified atom stereocenters. The van der Waals surface area contributed by atoms with Crippen molar-refractivity contribution in [1.82, 2.24) is 4.98 Å². The zero-order chi connectivity index (χ0) is 16.4. The first-order chi connectivity index (χ1) is 10.6. The van der Waals surface area contributed by atoms with Crippen LogP contribution >= 0.6 is 35.0 Å². The Kier molecular flexibility index (Phi) is 9.92. The van der Waals surface area contributed by atoms with Crippen LogP contribution in [0.2, 0.25) is 10.2 Å². The number of nitrogens with zero attached hydrogens (tertiary/aromatic N) is 1. The van der Waals surface area contributed by atoms with Crippen molar-refractivity contribution in [3.63, 3.8) is 0 Å². The molecule has 0 saturated carbocycles. The molecule has 3 nitrogen and oxygen atoms in total. The molecule has 0 aliphatic rings. The zero-order valence-electron chi connectivity index (χ0n) is 13.1. The van der Waals surface area contributed by atoms with Gasteiger partial charge in [0.2, 0.25) is 0 Å². The summed E-state index contributed by atoms with van der Waals surface area (Å²) < 4.78 is 5.18. The van der Waals surface area contributed by atoms with E-state index < -0.39 is 0 Å². The molecule has 22 heavy (non-hydrogen) atoms. The van der Waals surface area contributed by atoms with Crippen LogP contribution in [0.1, 0.15) is 46.0 Å². The van der Waals surface area contributed by atoms with Crippen LogP contribution in [0.3, 0.4) is 0 Å². The molecule has 6 heteroatoms. The number of pyridine rings is 1. The van der Waals surface area contributed by atoms with E-state index in [-0.39, 0.29) is 11.9 Å². The molecule has 1 aromatic heterocycles. The maximum Gasteiger partial charge on any atom is 0.309 e. The molecule has 1 heterocycles. The van der Waals surface area contributed by atoms with Crippen LogP contribution in [-0.2, 0) is 9.53 Å². The number of rotatable bonds is 10. The number of ether oxygens (including phenoxy) is 1. The van der Waals surface area contributed by atoms with Crippen molar-refractivity contribution in [2.75, 3.05) is 12.4 Å². The van der Waals surface area contributed by atoms with Crippen molar-refractivity contribution in [2.24, 2.45) is 5.92 Å². The second-order valence-electron chi connectivity index (χ2n) is 5.02. The molecule has 0 amide bonds. The highest BCUT2D eigenvalue weighted by atomic mass is 35.5. The second kappa shape index (κ2) is 11.1. The van der Waals surface area contributed by atoms with E-state index in [0.717, 1.165) is 24.2 Å². The molecule has 1 atom stereocenters. The summed E-state index contributed by atoms with van der Waals surface area (Å²) in [5, 5.41) is 0.741. The smallest absolute Gasteiger partial charge is 0.309 e. The van der Waals surface area contributed by atoms with Gasteiger partial charge in [-0.3, -0.25) is 4.79 Å². The van der Waals surface area contributed by atoms with Crippen molar-refractivity contribution in [3.05, 3.63) is 22.4 Å². The summed E-state index contributed by atoms with van der Waals surface area (Å²) in [5.74, 6) is 0.415. The molecule has 1 rings (SSSR count). The molecule has 0 N–H and O–H groups in total. The van der Waals surface area contributed by atoms with E-state index in [1.54, 1.807) is 6.20 Å². The summed E-state index contributed by atoms with van der Waals surface area (Å²) in [6.07, 6.45) is 7.06. The first-order valence-corrected chi connectivity index (χ1v) is 9.43. The number of halogens is 2. The summed E-state index contributed by atoms with van der Waals surface area (Å²) in [6, 6.07) is 1.82. The Morgan fingerprint density at radius 2 is 2.09 bits per heavy atom. The molecule has 0 aliphatic carbocycles. The van der Waals surface area contributed by atoms with Crippen LogP contribution < -0.4 is 0 Å². The Bertz CT molecular complexity index is 471. The molecule has 0 aliphatic heterocycles. The standard InChI is InChI=1S/C16H23Cl2NO2S/c1-3-5-6-7-8-12(16(20)21-4-2)11-22-13-9-10-19-15(18)14(13)17/h9-10,12H,3-8,11H2,1-2H3. The van der Waals surface area contributed by atoms with Gasteiger partial charge < -0.3 is 4.74 Å². The lowest BCUT2D eigenvalue weighted by molar-refractivity contribution is -0.147. The molecule has 0 aromatic carbocycles. The van der Waals surface area contributed by atoms with Crippen LogP contribution in [0.4, 0.5) is 0 Å². The number of esters is 1. The van der Waals surface area contributed by atoms with E-state index in [0.29, 0.717) is 22.5 Å². The van der Waals surface area contributed by atoms with Gasteiger partial charge in [-0.25, -0.2) is 4.98 Å². The third-order valence-corrected chi connectivity index (χ3v) is 5.38. The molecule has 0 spiro atoms. The number of thioether (sulfide) groups is 1. The number of carbonyl (C=O) groups is 1. The summed E-state index contributed by atoms with van der Waals surface area (Å²) in [6.45, 7) is 4.42. The molecule has 0 radical (unpaired) electrons. The molecule has 1 aromatic rings. The van der Waals surface area contributed by atoms with Crippen LogP contribution in [-0.4, -0.2) is 23.3 Å². The lowest BCUT2D eigenvalue weighted by atomic mass is 10.0. The lowest BCUT2D eigenvalue weighted by Crippen LogP contribution is -2.20. The lowest BCUT2D eigenvalue weighted by Gasteiger charge is -2.15. The summed E-state index contributed by atoms with van der Waals surface area (Å²) in [5.41, 5.74) is 0. The molecule has 124 valence electrons. The number of carbonyl (C=O) groups excluding carboxylic acids is 1. The third kappa shape index (κ3) is 6.76. The highest BCUT2D eigenvalue weighted by Gasteiger charge is 2.20. The molecule has 0 saturated heterocycles. The van der Waals surface area contributed by atoms with Crippen molar-refractivity contribution < 1.29 is 9.53 Å². The first kappa shape index (κ1) is 19.6. The van der Waals surface area contributed by atoms with Gasteiger partial charge in [0, 0.05) is 16.8 Å². The van der Waals surface area contributed by atoms with Gasteiger partial charge in [-0.15, -0.1) is 11.8 Å². The third-order valence-electron chi connectivity index (χ3n) is 3.28. The van der Waals surface area contributed by atoms with Gasteiger partial charge in [0.05, 0.1) is 17.5 Å². The van der Waals surface area contributed by atoms with E-state index >= 15 is 0 Å². The molecular formula is C16H23Cl2NO2S. The van der Waals surface area contributed by atoms with Crippen LogP contribution in [0.25, 0.3) is 0 Å². The van der Waals surface area contributed by atoms with E-state index in [1.807, 2.05) is 13.0 Å². The van der Waals surface area contributed by atoms with Gasteiger partial charge in [0.15, 0.2) is 0 Å². The Hall–Kier alpha value is -0.450. The van der Waals surface area contributed by atoms with Crippen LogP contribution in [0.15, 0.2) is 17.2 Å². The fourth-order valence-corrected chi connectivity index (χ4v) is 3.60. The minimum Gasteiger partial charge on any atom is -0.466 e. The molecule has 0 fully saturated rings. The fourth-order valence-electron chi connectivity index (χ4n) is 2.05. The average molecular weight is 364 g/mol. The quantitative estimate of drug-likeness (QED) is 0.233. The maximum absolute atomic E-state index is 12.1. The fraction of sp³-hybridized carbons (Fsp3) is 0.625. The minimum atomic E-state index is -0.122. The van der Waals surface area contributed by atoms with Gasteiger partial charge in [-0.05, 0) is 19.4 Å². The minimum absolute atomic E-state index is 0.107. The highest BCUT2D eigenvalue weighted by Crippen LogP contribution is 2.33. The number of aromatic nitrogens is 1. The SMILES string of the molecule is CCCCCCC(CSc1ccnc(Cl)c1Cl)C(=O)OCC. The van der Waals surface area contributed by atoms with Gasteiger partial charge >= 0.3 is 5.97 Å². The van der Waals surface area contributed by atoms with Gasteiger partial charge in [-0.2, -0.15) is 0 Å². The van der Waals surface area contributed by atoms with Crippen molar-refractivity contribution in [1.29, 1.82) is 0 Å². The van der Waals surface area contributed by atoms with Gasteiger partial charge in [0.25, 0.3) is 0 Å². The van der Waals surface area contributed by atoms with Crippen LogP contribution in [0, 0.1) is 5.92 Å². The van der Waals surface area contributed by atoms with Crippen LogP contribution in [0.5, 0.6) is 0 Å². The number of hydrogen-bond donors (Lipinski definition) is 0. The Morgan fingerprint density at radius 1 is 1.32 bits per heavy atom. The molecule has 0 bridgehead atoms. The summed E-state index contributed by atoms with van der Waals surface area (Å²) in [7, 11) is 0. The Morgan fingerprint density at radius 3 is 2.77 bits per heavy atom. The number of hydrogen-bond acceptors (Lipinski definition) is 4. The van der Waals surface area contributed by atoms with E-state index in [1.165, 1.54) is 24.6 Å². The highest BCUT2D eigenvalue weighted by molar-refractivity contribution is 7.99. The van der Waals surface area contributed by atoms with Crippen molar-refractivity contribution >= 4 is 40.9 Å². The Labute approximate surface area is 147 Å². The van der Waals surface area contributed by atoms with Crippen molar-refractivity contribution in [2.45, 2.75) is 50.8 Å². The largest absolute Gasteiger partial charge is 0.466 e. The Balaban J connectivity index is 2.59. The zero-order valence-corrected chi connectivity index (χ0v) is 15.4. The van der Waals surface area contributed by atoms with Gasteiger partial charge in [-0.1, -0.05) is 55.8 Å². The maximum atomic E-state index is 12.1. The summed E-state index contributed by atoms with van der Waals surface area (Å²) >= 11 is 13.6. The molecular weight excluding hydrogens is 341 g/mol. The second-order valence-corrected chi connectivity index (χ2v) is 6.82. The predicted octanol–water partition coefficient (Wildman–Crippen LogP) is 5.63. The normalized spacial score (nSPS) is 12.2. The van der Waals surface area contributed by atoms with E-state index in [2.05, 4.69) is 11.9 Å².